The van der Waals surface area contributed by atoms with E-state index in [1.165, 1.54) is 37.0 Å². The summed E-state index contributed by atoms with van der Waals surface area (Å²) in [5, 5.41) is 0.384. The van der Waals surface area contributed by atoms with Crippen LogP contribution >= 0.6 is 22.9 Å². The third kappa shape index (κ3) is 3.21. The van der Waals surface area contributed by atoms with Gasteiger partial charge in [-0.3, -0.25) is 4.98 Å². The highest BCUT2D eigenvalue weighted by Gasteiger charge is 2.28. The molecule has 3 atom stereocenters. The molecule has 1 aromatic heterocycles. The Kier molecular flexibility index (Phi) is 4.66. The van der Waals surface area contributed by atoms with Gasteiger partial charge in [-0.2, -0.15) is 0 Å². The smallest absolute Gasteiger partial charge is 0.0794 e. The van der Waals surface area contributed by atoms with Gasteiger partial charge in [0.05, 0.1) is 5.51 Å². The van der Waals surface area contributed by atoms with Crippen LogP contribution < -0.4 is 0 Å². The van der Waals surface area contributed by atoms with Gasteiger partial charge in [0.25, 0.3) is 0 Å². The lowest BCUT2D eigenvalue weighted by Crippen LogP contribution is -2.26. The summed E-state index contributed by atoms with van der Waals surface area (Å²) < 4.78 is 0. The molecule has 1 aromatic rings. The summed E-state index contributed by atoms with van der Waals surface area (Å²) >= 11 is 8.21. The van der Waals surface area contributed by atoms with Crippen molar-refractivity contribution in [3.05, 3.63) is 16.6 Å². The van der Waals surface area contributed by atoms with Gasteiger partial charge in [0, 0.05) is 16.5 Å². The molecule has 2 rings (SSSR count). The summed E-state index contributed by atoms with van der Waals surface area (Å²) in [7, 11) is 0. The molecule has 90 valence electrons. The van der Waals surface area contributed by atoms with Gasteiger partial charge in [0.1, 0.15) is 0 Å². The summed E-state index contributed by atoms with van der Waals surface area (Å²) in [6, 6.07) is 0. The number of thiazole rings is 1. The zero-order chi connectivity index (χ0) is 11.4. The van der Waals surface area contributed by atoms with Crippen LogP contribution in [0.15, 0.2) is 11.7 Å². The molecule has 0 saturated heterocycles. The Morgan fingerprint density at radius 2 is 2.38 bits per heavy atom. The molecule has 0 amide bonds. The summed E-state index contributed by atoms with van der Waals surface area (Å²) in [5.41, 5.74) is 1.92. The molecule has 3 unspecified atom stereocenters. The summed E-state index contributed by atoms with van der Waals surface area (Å²) in [6.07, 6.45) is 9.68. The number of hydrogen-bond acceptors (Lipinski definition) is 2. The Bertz CT molecular complexity index is 299. The number of rotatable bonds is 4. The van der Waals surface area contributed by atoms with Crippen molar-refractivity contribution in [2.75, 3.05) is 0 Å². The van der Waals surface area contributed by atoms with Crippen molar-refractivity contribution in [3.63, 3.8) is 0 Å². The van der Waals surface area contributed by atoms with E-state index in [0.29, 0.717) is 11.3 Å². The predicted molar refractivity (Wildman–Crippen MR) is 71.2 cm³/mol. The minimum absolute atomic E-state index is 0.384. The molecule has 1 aliphatic carbocycles. The van der Waals surface area contributed by atoms with E-state index in [0.717, 1.165) is 12.3 Å². The van der Waals surface area contributed by atoms with Crippen molar-refractivity contribution in [1.82, 2.24) is 4.98 Å². The second-order valence-electron chi connectivity index (χ2n) is 4.92. The molecule has 0 N–H and O–H groups in total. The van der Waals surface area contributed by atoms with Crippen LogP contribution in [0, 0.1) is 11.8 Å². The number of hydrogen-bond donors (Lipinski definition) is 0. The van der Waals surface area contributed by atoms with E-state index in [1.54, 1.807) is 11.3 Å². The van der Waals surface area contributed by atoms with Gasteiger partial charge in [0.15, 0.2) is 0 Å². The van der Waals surface area contributed by atoms with E-state index >= 15 is 0 Å². The minimum atomic E-state index is 0.384. The SMILES string of the molecule is CCCC1CCC(Cl)C(Cc2cncs2)C1. The highest BCUT2D eigenvalue weighted by Crippen LogP contribution is 2.37. The van der Waals surface area contributed by atoms with Crippen LogP contribution in [0.1, 0.15) is 43.9 Å². The fourth-order valence-electron chi connectivity index (χ4n) is 2.81. The molecule has 0 spiro atoms. The summed E-state index contributed by atoms with van der Waals surface area (Å²) in [6.45, 7) is 2.28. The third-order valence-corrected chi connectivity index (χ3v) is 5.02. The molecule has 0 aliphatic heterocycles. The molecule has 0 bridgehead atoms. The van der Waals surface area contributed by atoms with Crippen molar-refractivity contribution in [2.45, 2.75) is 50.8 Å². The van der Waals surface area contributed by atoms with Gasteiger partial charge in [-0.05, 0) is 37.5 Å². The normalized spacial score (nSPS) is 30.5. The molecular weight excluding hydrogens is 238 g/mol. The van der Waals surface area contributed by atoms with Crippen LogP contribution in [0.4, 0.5) is 0 Å². The predicted octanol–water partition coefficient (Wildman–Crippen LogP) is 4.51. The van der Waals surface area contributed by atoms with E-state index in [9.17, 15) is 0 Å². The van der Waals surface area contributed by atoms with E-state index in [-0.39, 0.29) is 0 Å². The molecule has 1 aliphatic rings. The number of alkyl halides is 1. The quantitative estimate of drug-likeness (QED) is 0.724. The van der Waals surface area contributed by atoms with Crippen LogP contribution in [0.25, 0.3) is 0 Å². The van der Waals surface area contributed by atoms with Crippen molar-refractivity contribution >= 4 is 22.9 Å². The second kappa shape index (κ2) is 6.02. The summed E-state index contributed by atoms with van der Waals surface area (Å²) in [5.74, 6) is 1.59. The highest BCUT2D eigenvalue weighted by atomic mass is 35.5. The van der Waals surface area contributed by atoms with E-state index < -0.39 is 0 Å². The fraction of sp³-hybridized carbons (Fsp3) is 0.769. The maximum Gasteiger partial charge on any atom is 0.0794 e. The zero-order valence-corrected chi connectivity index (χ0v) is 11.4. The fourth-order valence-corrected chi connectivity index (χ4v) is 3.81. The Balaban J connectivity index is 1.91. The Labute approximate surface area is 107 Å². The first kappa shape index (κ1) is 12.4. The van der Waals surface area contributed by atoms with Crippen LogP contribution in [-0.4, -0.2) is 10.4 Å². The maximum absolute atomic E-state index is 6.45. The number of halogens is 1. The van der Waals surface area contributed by atoms with Gasteiger partial charge in [0.2, 0.25) is 0 Å². The van der Waals surface area contributed by atoms with Gasteiger partial charge in [-0.25, -0.2) is 0 Å². The molecule has 1 fully saturated rings. The maximum atomic E-state index is 6.45. The first-order valence-electron chi connectivity index (χ1n) is 6.31. The highest BCUT2D eigenvalue weighted by molar-refractivity contribution is 7.09. The lowest BCUT2D eigenvalue weighted by atomic mass is 9.77. The third-order valence-electron chi connectivity index (χ3n) is 3.64. The van der Waals surface area contributed by atoms with E-state index in [2.05, 4.69) is 11.9 Å². The standard InChI is InChI=1S/C13H20ClNS/c1-2-3-10-4-5-13(14)11(6-10)7-12-8-15-9-16-12/h8-11,13H,2-7H2,1H3. The van der Waals surface area contributed by atoms with Crippen molar-refractivity contribution in [1.29, 1.82) is 0 Å². The van der Waals surface area contributed by atoms with Gasteiger partial charge < -0.3 is 0 Å². The first-order chi connectivity index (χ1) is 7.79. The van der Waals surface area contributed by atoms with Gasteiger partial charge >= 0.3 is 0 Å². The molecular formula is C13H20ClNS. The van der Waals surface area contributed by atoms with Crippen molar-refractivity contribution in [2.24, 2.45) is 11.8 Å². The lowest BCUT2D eigenvalue weighted by molar-refractivity contribution is 0.258. The molecule has 1 heterocycles. The van der Waals surface area contributed by atoms with Gasteiger partial charge in [-0.15, -0.1) is 22.9 Å². The molecule has 3 heteroatoms. The Hall–Kier alpha value is -0.0800. The molecule has 0 aromatic carbocycles. The van der Waals surface area contributed by atoms with E-state index in [1.807, 2.05) is 11.7 Å². The average molecular weight is 258 g/mol. The zero-order valence-electron chi connectivity index (χ0n) is 9.86. The van der Waals surface area contributed by atoms with Crippen molar-refractivity contribution < 1.29 is 0 Å². The Morgan fingerprint density at radius 1 is 1.50 bits per heavy atom. The second-order valence-corrected chi connectivity index (χ2v) is 6.45. The largest absolute Gasteiger partial charge is 0.253 e. The number of nitrogens with zero attached hydrogens (tertiary/aromatic N) is 1. The van der Waals surface area contributed by atoms with E-state index in [4.69, 9.17) is 11.6 Å². The van der Waals surface area contributed by atoms with Gasteiger partial charge in [-0.1, -0.05) is 19.8 Å². The monoisotopic (exact) mass is 257 g/mol. The topological polar surface area (TPSA) is 12.9 Å². The minimum Gasteiger partial charge on any atom is -0.253 e. The average Bonchev–Trinajstić information content (AvgIpc) is 2.76. The summed E-state index contributed by atoms with van der Waals surface area (Å²) in [4.78, 5) is 5.54. The first-order valence-corrected chi connectivity index (χ1v) is 7.62. The number of aromatic nitrogens is 1. The Morgan fingerprint density at radius 3 is 3.06 bits per heavy atom. The van der Waals surface area contributed by atoms with Crippen LogP contribution in [0.5, 0.6) is 0 Å². The van der Waals surface area contributed by atoms with Crippen LogP contribution in [0.3, 0.4) is 0 Å². The van der Waals surface area contributed by atoms with Crippen molar-refractivity contribution in [3.8, 4) is 0 Å². The molecule has 0 radical (unpaired) electrons. The molecule has 1 saturated carbocycles. The van der Waals surface area contributed by atoms with Crippen LogP contribution in [0.2, 0.25) is 0 Å². The molecule has 16 heavy (non-hydrogen) atoms. The van der Waals surface area contributed by atoms with Crippen LogP contribution in [-0.2, 0) is 6.42 Å². The lowest BCUT2D eigenvalue weighted by Gasteiger charge is -2.32. The molecule has 1 nitrogen and oxygen atoms in total.